The second-order valence-electron chi connectivity index (χ2n) is 5.73. The fourth-order valence-electron chi connectivity index (χ4n) is 1.34. The van der Waals surface area contributed by atoms with E-state index in [4.69, 9.17) is 0 Å². The second-order valence-corrected chi connectivity index (χ2v) is 7.57. The van der Waals surface area contributed by atoms with Crippen molar-refractivity contribution in [1.82, 2.24) is 0 Å². The van der Waals surface area contributed by atoms with Crippen molar-refractivity contribution in [3.05, 3.63) is 23.8 Å². The molecule has 0 radical (unpaired) electrons. The first-order valence-electron chi connectivity index (χ1n) is 5.89. The fraction of sp³-hybridized carbons (Fsp3) is 0.538. The van der Waals surface area contributed by atoms with Gasteiger partial charge in [0.25, 0.3) is 0 Å². The Bertz CT molecular complexity index is 516. The largest absolute Gasteiger partial charge is 0.508 e. The quantitative estimate of drug-likeness (QED) is 0.885. The molecule has 0 amide bonds. The number of aromatic hydroxyl groups is 1. The summed E-state index contributed by atoms with van der Waals surface area (Å²) in [4.78, 5) is 0. The number of hydrogen-bond donors (Lipinski definition) is 2. The van der Waals surface area contributed by atoms with Gasteiger partial charge in [0, 0.05) is 6.07 Å². The van der Waals surface area contributed by atoms with Crippen LogP contribution < -0.4 is 4.72 Å². The van der Waals surface area contributed by atoms with E-state index in [-0.39, 0.29) is 16.9 Å². The van der Waals surface area contributed by atoms with Gasteiger partial charge in [-0.15, -0.1) is 0 Å². The summed E-state index contributed by atoms with van der Waals surface area (Å²) in [5, 5.41) is 9.52. The zero-order chi connectivity index (χ0) is 14.0. The van der Waals surface area contributed by atoms with Crippen molar-refractivity contribution < 1.29 is 13.5 Å². The Morgan fingerprint density at radius 1 is 1.28 bits per heavy atom. The van der Waals surface area contributed by atoms with E-state index < -0.39 is 10.0 Å². The Hall–Kier alpha value is -1.23. The van der Waals surface area contributed by atoms with Crippen LogP contribution in [-0.2, 0) is 10.0 Å². The first-order valence-corrected chi connectivity index (χ1v) is 7.54. The number of sulfonamides is 1. The summed E-state index contributed by atoms with van der Waals surface area (Å²) in [7, 11) is -3.36. The van der Waals surface area contributed by atoms with Gasteiger partial charge < -0.3 is 5.11 Å². The van der Waals surface area contributed by atoms with E-state index in [1.165, 1.54) is 6.07 Å². The molecule has 0 bridgehead atoms. The number of anilines is 1. The molecule has 5 heteroatoms. The van der Waals surface area contributed by atoms with E-state index in [1.807, 2.05) is 20.8 Å². The van der Waals surface area contributed by atoms with Crippen LogP contribution in [0, 0.1) is 12.3 Å². The fourth-order valence-corrected chi connectivity index (χ4v) is 2.81. The molecule has 4 nitrogen and oxygen atoms in total. The third-order valence-electron chi connectivity index (χ3n) is 2.60. The van der Waals surface area contributed by atoms with E-state index in [1.54, 1.807) is 19.1 Å². The monoisotopic (exact) mass is 271 g/mol. The molecular weight excluding hydrogens is 250 g/mol. The summed E-state index contributed by atoms with van der Waals surface area (Å²) >= 11 is 0. The van der Waals surface area contributed by atoms with Crippen LogP contribution in [-0.4, -0.2) is 19.3 Å². The third kappa shape index (κ3) is 4.96. The maximum absolute atomic E-state index is 11.9. The molecule has 0 heterocycles. The minimum absolute atomic E-state index is 0.0236. The van der Waals surface area contributed by atoms with Crippen molar-refractivity contribution >= 4 is 15.7 Å². The summed E-state index contributed by atoms with van der Waals surface area (Å²) in [6.45, 7) is 7.76. The second kappa shape index (κ2) is 5.18. The van der Waals surface area contributed by atoms with Crippen molar-refractivity contribution in [2.75, 3.05) is 10.5 Å². The molecule has 0 aliphatic rings. The molecule has 1 aromatic carbocycles. The van der Waals surface area contributed by atoms with Crippen LogP contribution in [0.1, 0.15) is 32.8 Å². The van der Waals surface area contributed by atoms with Crippen LogP contribution in [0.25, 0.3) is 0 Å². The number of hydrogen-bond acceptors (Lipinski definition) is 3. The molecule has 0 aliphatic carbocycles. The van der Waals surface area contributed by atoms with Crippen LogP contribution in [0.4, 0.5) is 5.69 Å². The van der Waals surface area contributed by atoms with Gasteiger partial charge in [-0.3, -0.25) is 4.72 Å². The Kier molecular flexibility index (Phi) is 4.27. The lowest BCUT2D eigenvalue weighted by atomic mass is 9.94. The van der Waals surface area contributed by atoms with Crippen LogP contribution in [0.15, 0.2) is 18.2 Å². The number of rotatable bonds is 4. The van der Waals surface area contributed by atoms with E-state index in [9.17, 15) is 13.5 Å². The smallest absolute Gasteiger partial charge is 0.232 e. The van der Waals surface area contributed by atoms with Crippen LogP contribution in [0.5, 0.6) is 5.75 Å². The Morgan fingerprint density at radius 2 is 1.89 bits per heavy atom. The molecule has 0 atom stereocenters. The van der Waals surface area contributed by atoms with Crippen molar-refractivity contribution in [1.29, 1.82) is 0 Å². The third-order valence-corrected chi connectivity index (χ3v) is 3.89. The number of benzene rings is 1. The molecule has 0 saturated heterocycles. The lowest BCUT2D eigenvalue weighted by molar-refractivity contribution is 0.397. The molecular formula is C13H21NO3S. The van der Waals surface area contributed by atoms with Gasteiger partial charge in [-0.25, -0.2) is 8.42 Å². The summed E-state index contributed by atoms with van der Waals surface area (Å²) in [6.07, 6.45) is 0.584. The summed E-state index contributed by atoms with van der Waals surface area (Å²) < 4.78 is 26.2. The first kappa shape index (κ1) is 14.8. The van der Waals surface area contributed by atoms with Crippen molar-refractivity contribution in [2.45, 2.75) is 34.1 Å². The molecule has 18 heavy (non-hydrogen) atoms. The van der Waals surface area contributed by atoms with Gasteiger partial charge in [0.15, 0.2) is 0 Å². The maximum Gasteiger partial charge on any atom is 0.232 e. The standard InChI is InChI=1S/C13H21NO3S/c1-10-5-6-11(9-12(10)15)14-18(16,17)8-7-13(2,3)4/h5-6,9,14-15H,7-8H2,1-4H3. The molecule has 0 saturated carbocycles. The maximum atomic E-state index is 11.9. The van der Waals surface area contributed by atoms with Gasteiger partial charge in [-0.1, -0.05) is 26.8 Å². The van der Waals surface area contributed by atoms with Crippen molar-refractivity contribution in [2.24, 2.45) is 5.41 Å². The number of phenols is 1. The van der Waals surface area contributed by atoms with Gasteiger partial charge in [0.2, 0.25) is 10.0 Å². The van der Waals surface area contributed by atoms with Crippen molar-refractivity contribution in [3.8, 4) is 5.75 Å². The predicted octanol–water partition coefficient (Wildman–Crippen LogP) is 2.88. The van der Waals surface area contributed by atoms with Gasteiger partial charge in [0.05, 0.1) is 11.4 Å². The van der Waals surface area contributed by atoms with Crippen LogP contribution in [0.2, 0.25) is 0 Å². The zero-order valence-electron chi connectivity index (χ0n) is 11.3. The van der Waals surface area contributed by atoms with Crippen molar-refractivity contribution in [3.63, 3.8) is 0 Å². The van der Waals surface area contributed by atoms with Gasteiger partial charge >= 0.3 is 0 Å². The summed E-state index contributed by atoms with van der Waals surface area (Å²) in [5.41, 5.74) is 1.09. The Labute approximate surface area is 109 Å². The summed E-state index contributed by atoms with van der Waals surface area (Å²) in [6, 6.07) is 4.74. The predicted molar refractivity (Wildman–Crippen MR) is 74.3 cm³/mol. The van der Waals surface area contributed by atoms with E-state index in [0.29, 0.717) is 17.7 Å². The molecule has 0 fully saturated rings. The minimum Gasteiger partial charge on any atom is -0.508 e. The normalized spacial score (nSPS) is 12.4. The summed E-state index contributed by atoms with van der Waals surface area (Å²) in [5.74, 6) is 0.163. The highest BCUT2D eigenvalue weighted by Crippen LogP contribution is 2.23. The number of aryl methyl sites for hydroxylation is 1. The van der Waals surface area contributed by atoms with Gasteiger partial charge in [-0.2, -0.15) is 0 Å². The SMILES string of the molecule is Cc1ccc(NS(=O)(=O)CCC(C)(C)C)cc1O. The highest BCUT2D eigenvalue weighted by atomic mass is 32.2. The van der Waals surface area contributed by atoms with Gasteiger partial charge in [-0.05, 0) is 30.4 Å². The molecule has 0 spiro atoms. The van der Waals surface area contributed by atoms with Crippen LogP contribution >= 0.6 is 0 Å². The Balaban J connectivity index is 2.74. The zero-order valence-corrected chi connectivity index (χ0v) is 12.1. The lowest BCUT2D eigenvalue weighted by Crippen LogP contribution is -2.20. The molecule has 0 unspecified atom stereocenters. The number of nitrogens with one attached hydrogen (secondary N) is 1. The molecule has 2 N–H and O–H groups in total. The molecule has 1 rings (SSSR count). The molecule has 0 aromatic heterocycles. The Morgan fingerprint density at radius 3 is 2.39 bits per heavy atom. The van der Waals surface area contributed by atoms with Crippen LogP contribution in [0.3, 0.4) is 0 Å². The van der Waals surface area contributed by atoms with E-state index in [0.717, 1.165) is 0 Å². The van der Waals surface area contributed by atoms with E-state index in [2.05, 4.69) is 4.72 Å². The van der Waals surface area contributed by atoms with Gasteiger partial charge in [0.1, 0.15) is 5.75 Å². The minimum atomic E-state index is -3.36. The molecule has 1 aromatic rings. The topological polar surface area (TPSA) is 66.4 Å². The molecule has 102 valence electrons. The number of phenolic OH excluding ortho intramolecular Hbond substituents is 1. The van der Waals surface area contributed by atoms with E-state index >= 15 is 0 Å². The highest BCUT2D eigenvalue weighted by molar-refractivity contribution is 7.92. The average molecular weight is 271 g/mol. The molecule has 0 aliphatic heterocycles. The average Bonchev–Trinajstić information content (AvgIpc) is 2.20. The first-order chi connectivity index (χ1) is 8.09. The lowest BCUT2D eigenvalue weighted by Gasteiger charge is -2.18. The highest BCUT2D eigenvalue weighted by Gasteiger charge is 2.17.